The van der Waals surface area contributed by atoms with Gasteiger partial charge in [0.25, 0.3) is 0 Å². The number of ketones is 1. The van der Waals surface area contributed by atoms with E-state index in [1.54, 1.807) is 0 Å². The van der Waals surface area contributed by atoms with Gasteiger partial charge in [-0.05, 0) is 87.5 Å². The van der Waals surface area contributed by atoms with Crippen molar-refractivity contribution >= 4 is 17.7 Å². The summed E-state index contributed by atoms with van der Waals surface area (Å²) in [4.78, 5) is 37.8. The van der Waals surface area contributed by atoms with Gasteiger partial charge in [0.2, 0.25) is 0 Å². The van der Waals surface area contributed by atoms with E-state index in [0.717, 1.165) is 44.1 Å². The number of fused-ring (bicyclic) bond motifs is 6. The average Bonchev–Trinajstić information content (AvgIpc) is 3.25. The molecule has 4 fully saturated rings. The molecule has 1 aliphatic heterocycles. The van der Waals surface area contributed by atoms with E-state index in [1.807, 2.05) is 19.9 Å². The highest BCUT2D eigenvalue weighted by atomic mass is 16.6. The van der Waals surface area contributed by atoms with Gasteiger partial charge in [0, 0.05) is 18.8 Å². The number of allylic oxidation sites excluding steroid dienone is 1. The first-order valence-corrected chi connectivity index (χ1v) is 12.3. The fraction of sp³-hybridized carbons (Fsp3) is 0.808. The van der Waals surface area contributed by atoms with E-state index in [9.17, 15) is 14.4 Å². The van der Waals surface area contributed by atoms with Gasteiger partial charge in [0.05, 0.1) is 12.0 Å². The second kappa shape index (κ2) is 6.92. The molecule has 5 nitrogen and oxygen atoms in total. The Morgan fingerprint density at radius 3 is 2.55 bits per heavy atom. The minimum Gasteiger partial charge on any atom is -0.463 e. The minimum atomic E-state index is -0.310. The van der Waals surface area contributed by atoms with Crippen molar-refractivity contribution < 1.29 is 23.9 Å². The zero-order chi connectivity index (χ0) is 22.2. The molecule has 1 saturated heterocycles. The lowest BCUT2D eigenvalue weighted by Crippen LogP contribution is -2.60. The standard InChI is InChI=1S/C26H36O5/c1-15(2)30-23(29)19-14-16-13-17(27)5-9-24(16,3)25(4)10-7-20-18(22(19)25)6-11-26(20)12-8-21(28)31-26/h13,15,18-20,22H,5-12,14H2,1-4H3. The average molecular weight is 429 g/mol. The van der Waals surface area contributed by atoms with Crippen LogP contribution in [0, 0.1) is 34.5 Å². The van der Waals surface area contributed by atoms with Crippen LogP contribution >= 0.6 is 0 Å². The topological polar surface area (TPSA) is 69.7 Å². The monoisotopic (exact) mass is 428 g/mol. The number of esters is 2. The predicted octanol–water partition coefficient (Wildman–Crippen LogP) is 4.77. The van der Waals surface area contributed by atoms with E-state index in [2.05, 4.69) is 13.8 Å². The molecule has 5 rings (SSSR count). The molecular weight excluding hydrogens is 392 g/mol. The molecule has 0 radical (unpaired) electrons. The molecule has 0 aromatic carbocycles. The van der Waals surface area contributed by atoms with Gasteiger partial charge < -0.3 is 9.47 Å². The predicted molar refractivity (Wildman–Crippen MR) is 115 cm³/mol. The van der Waals surface area contributed by atoms with E-state index in [0.29, 0.717) is 31.1 Å². The normalized spacial score (nSPS) is 46.3. The maximum Gasteiger partial charge on any atom is 0.309 e. The zero-order valence-corrected chi connectivity index (χ0v) is 19.4. The number of hydrogen-bond acceptors (Lipinski definition) is 5. The van der Waals surface area contributed by atoms with Crippen LogP contribution in [0.5, 0.6) is 0 Å². The molecule has 0 N–H and O–H groups in total. The van der Waals surface area contributed by atoms with Crippen molar-refractivity contribution in [1.82, 2.24) is 0 Å². The van der Waals surface area contributed by atoms with Gasteiger partial charge in [-0.25, -0.2) is 0 Å². The second-order valence-corrected chi connectivity index (χ2v) is 11.6. The maximum atomic E-state index is 13.4. The summed E-state index contributed by atoms with van der Waals surface area (Å²) < 4.78 is 11.8. The van der Waals surface area contributed by atoms with Crippen LogP contribution in [0.1, 0.15) is 85.5 Å². The molecule has 31 heavy (non-hydrogen) atoms. The molecule has 7 unspecified atom stereocenters. The van der Waals surface area contributed by atoms with Crippen molar-refractivity contribution in [2.24, 2.45) is 34.5 Å². The highest BCUT2D eigenvalue weighted by Gasteiger charge is 2.68. The van der Waals surface area contributed by atoms with E-state index >= 15 is 0 Å². The van der Waals surface area contributed by atoms with Gasteiger partial charge >= 0.3 is 11.9 Å². The Labute approximate surface area is 185 Å². The van der Waals surface area contributed by atoms with Gasteiger partial charge in [-0.3, -0.25) is 14.4 Å². The summed E-state index contributed by atoms with van der Waals surface area (Å²) in [5.41, 5.74) is 0.725. The summed E-state index contributed by atoms with van der Waals surface area (Å²) in [6.07, 6.45) is 9.12. The third kappa shape index (κ3) is 2.90. The van der Waals surface area contributed by atoms with Crippen LogP contribution in [-0.2, 0) is 23.9 Å². The molecule has 5 heteroatoms. The van der Waals surface area contributed by atoms with Crippen molar-refractivity contribution in [3.63, 3.8) is 0 Å². The largest absolute Gasteiger partial charge is 0.463 e. The van der Waals surface area contributed by atoms with E-state index < -0.39 is 0 Å². The van der Waals surface area contributed by atoms with Gasteiger partial charge in [0.15, 0.2) is 5.78 Å². The van der Waals surface area contributed by atoms with E-state index in [-0.39, 0.29) is 52.1 Å². The Kier molecular flexibility index (Phi) is 4.74. The fourth-order valence-electron chi connectivity index (χ4n) is 8.46. The summed E-state index contributed by atoms with van der Waals surface area (Å²) in [5, 5.41) is 0. The lowest BCUT2D eigenvalue weighted by Gasteiger charge is -2.64. The van der Waals surface area contributed by atoms with E-state index in [4.69, 9.17) is 9.47 Å². The van der Waals surface area contributed by atoms with Crippen molar-refractivity contribution in [1.29, 1.82) is 0 Å². The second-order valence-electron chi connectivity index (χ2n) is 11.6. The lowest BCUT2D eigenvalue weighted by atomic mass is 9.40. The molecule has 0 aromatic heterocycles. The summed E-state index contributed by atoms with van der Waals surface area (Å²) in [7, 11) is 0. The van der Waals surface area contributed by atoms with Gasteiger partial charge in [-0.1, -0.05) is 19.4 Å². The van der Waals surface area contributed by atoms with Crippen molar-refractivity contribution in [2.75, 3.05) is 0 Å². The molecule has 4 aliphatic carbocycles. The first kappa shape index (κ1) is 21.2. The van der Waals surface area contributed by atoms with Gasteiger partial charge in [-0.2, -0.15) is 0 Å². The van der Waals surface area contributed by atoms with Crippen molar-refractivity contribution in [3.8, 4) is 0 Å². The summed E-state index contributed by atoms with van der Waals surface area (Å²) in [6, 6.07) is 0. The van der Waals surface area contributed by atoms with Crippen LogP contribution in [0.2, 0.25) is 0 Å². The minimum absolute atomic E-state index is 0.0589. The van der Waals surface area contributed by atoms with Crippen LogP contribution in [0.15, 0.2) is 11.6 Å². The molecule has 0 aromatic rings. The third-order valence-corrected chi connectivity index (χ3v) is 10.0. The summed E-state index contributed by atoms with van der Waals surface area (Å²) in [5.74, 6) is 0.700. The number of carbonyl (C=O) groups is 3. The molecule has 1 spiro atoms. The quantitative estimate of drug-likeness (QED) is 0.593. The molecule has 0 amide bonds. The number of hydrogen-bond donors (Lipinski definition) is 0. The molecule has 7 atom stereocenters. The lowest BCUT2D eigenvalue weighted by molar-refractivity contribution is -0.179. The van der Waals surface area contributed by atoms with Crippen molar-refractivity contribution in [3.05, 3.63) is 11.6 Å². The molecule has 3 saturated carbocycles. The van der Waals surface area contributed by atoms with Crippen LogP contribution < -0.4 is 0 Å². The summed E-state index contributed by atoms with van der Waals surface area (Å²) >= 11 is 0. The van der Waals surface area contributed by atoms with E-state index in [1.165, 1.54) is 0 Å². The Morgan fingerprint density at radius 2 is 1.87 bits per heavy atom. The molecule has 0 bridgehead atoms. The molecule has 1 heterocycles. The summed E-state index contributed by atoms with van der Waals surface area (Å²) in [6.45, 7) is 8.51. The number of ether oxygens (including phenoxy) is 2. The van der Waals surface area contributed by atoms with Gasteiger partial charge in [-0.15, -0.1) is 0 Å². The van der Waals surface area contributed by atoms with Gasteiger partial charge in [0.1, 0.15) is 5.60 Å². The highest BCUT2D eigenvalue weighted by Crippen LogP contribution is 2.71. The van der Waals surface area contributed by atoms with Crippen LogP contribution in [-0.4, -0.2) is 29.4 Å². The number of carbonyl (C=O) groups excluding carboxylic acids is 3. The Hall–Kier alpha value is -1.65. The first-order chi connectivity index (χ1) is 14.6. The maximum absolute atomic E-state index is 13.4. The smallest absolute Gasteiger partial charge is 0.309 e. The molecular formula is C26H36O5. The van der Waals surface area contributed by atoms with Crippen LogP contribution in [0.25, 0.3) is 0 Å². The zero-order valence-electron chi connectivity index (χ0n) is 19.4. The van der Waals surface area contributed by atoms with Crippen molar-refractivity contribution in [2.45, 2.75) is 97.2 Å². The number of rotatable bonds is 2. The Morgan fingerprint density at radius 1 is 1.10 bits per heavy atom. The highest BCUT2D eigenvalue weighted by molar-refractivity contribution is 5.92. The van der Waals surface area contributed by atoms with Crippen LogP contribution in [0.3, 0.4) is 0 Å². The SMILES string of the molecule is CC(C)OC(=O)C1CC2=CC(=O)CCC2(C)C2(C)CCC3C(CCC34CCC(=O)O4)C12. The first-order valence-electron chi connectivity index (χ1n) is 12.3. The molecule has 5 aliphatic rings. The fourth-order valence-corrected chi connectivity index (χ4v) is 8.46. The third-order valence-electron chi connectivity index (χ3n) is 10.0. The molecule has 170 valence electrons. The van der Waals surface area contributed by atoms with Crippen LogP contribution in [0.4, 0.5) is 0 Å². The Balaban J connectivity index is 1.57. The Bertz CT molecular complexity index is 858.